The molecule has 1 fully saturated rings. The number of hydrogen-bond donors (Lipinski definition) is 1. The van der Waals surface area contributed by atoms with E-state index in [4.69, 9.17) is 9.47 Å². The van der Waals surface area contributed by atoms with Gasteiger partial charge in [0.25, 0.3) is 0 Å². The minimum Gasteiger partial charge on any atom is -0.497 e. The van der Waals surface area contributed by atoms with Gasteiger partial charge in [0.05, 0.1) is 12.8 Å². The fraction of sp³-hybridized carbons (Fsp3) is 0.611. The molecule has 1 N–H and O–H groups in total. The van der Waals surface area contributed by atoms with E-state index in [-0.39, 0.29) is 11.5 Å². The van der Waals surface area contributed by atoms with Crippen molar-refractivity contribution in [2.75, 3.05) is 31.6 Å². The first-order valence-electron chi connectivity index (χ1n) is 8.24. The number of carbonyl (C=O) groups excluding carboxylic acids is 1. The van der Waals surface area contributed by atoms with Crippen LogP contribution in [0.5, 0.6) is 5.75 Å². The molecule has 2 aliphatic heterocycles. The van der Waals surface area contributed by atoms with Crippen molar-refractivity contribution < 1.29 is 14.3 Å². The van der Waals surface area contributed by atoms with Crippen LogP contribution in [0.1, 0.15) is 39.2 Å². The Hall–Kier alpha value is -1.75. The molecule has 0 aliphatic carbocycles. The Balaban J connectivity index is 1.98. The van der Waals surface area contributed by atoms with Gasteiger partial charge in [-0.2, -0.15) is 0 Å². The molecule has 2 heterocycles. The number of nitrogens with zero attached hydrogens (tertiary/aromatic N) is 1. The summed E-state index contributed by atoms with van der Waals surface area (Å²) >= 11 is 0. The lowest BCUT2D eigenvalue weighted by atomic mass is 9.75. The summed E-state index contributed by atoms with van der Waals surface area (Å²) in [4.78, 5) is 14.5. The number of benzene rings is 1. The molecule has 0 aromatic heterocycles. The highest BCUT2D eigenvalue weighted by Gasteiger charge is 2.46. The highest BCUT2D eigenvalue weighted by atomic mass is 16.6. The molecule has 0 bridgehead atoms. The van der Waals surface area contributed by atoms with Gasteiger partial charge in [0, 0.05) is 12.0 Å². The number of rotatable bonds is 1. The number of piperidine rings is 1. The van der Waals surface area contributed by atoms with Gasteiger partial charge < -0.3 is 14.8 Å². The van der Waals surface area contributed by atoms with Gasteiger partial charge in [-0.1, -0.05) is 0 Å². The van der Waals surface area contributed by atoms with Crippen LogP contribution in [-0.4, -0.2) is 38.4 Å². The molecule has 5 heteroatoms. The highest BCUT2D eigenvalue weighted by Crippen LogP contribution is 2.47. The lowest BCUT2D eigenvalue weighted by Crippen LogP contribution is -2.45. The fourth-order valence-corrected chi connectivity index (χ4v) is 3.59. The molecule has 0 unspecified atom stereocenters. The van der Waals surface area contributed by atoms with E-state index in [2.05, 4.69) is 11.4 Å². The largest absolute Gasteiger partial charge is 0.497 e. The third-order valence-electron chi connectivity index (χ3n) is 4.70. The number of amides is 1. The molecular weight excluding hydrogens is 292 g/mol. The molecule has 1 amide bonds. The van der Waals surface area contributed by atoms with Gasteiger partial charge in [-0.15, -0.1) is 0 Å². The zero-order valence-electron chi connectivity index (χ0n) is 14.4. The monoisotopic (exact) mass is 318 g/mol. The summed E-state index contributed by atoms with van der Waals surface area (Å²) in [6.07, 6.45) is 1.78. The van der Waals surface area contributed by atoms with Crippen LogP contribution in [-0.2, 0) is 10.2 Å². The molecule has 2 aliphatic rings. The van der Waals surface area contributed by atoms with Crippen molar-refractivity contribution in [3.63, 3.8) is 0 Å². The molecule has 1 aromatic rings. The number of fused-ring (bicyclic) bond motifs is 2. The molecule has 5 nitrogen and oxygen atoms in total. The van der Waals surface area contributed by atoms with Crippen molar-refractivity contribution in [2.45, 2.75) is 44.6 Å². The number of hydrogen-bond acceptors (Lipinski definition) is 4. The van der Waals surface area contributed by atoms with E-state index in [1.54, 1.807) is 12.0 Å². The van der Waals surface area contributed by atoms with Gasteiger partial charge in [-0.25, -0.2) is 4.79 Å². The van der Waals surface area contributed by atoms with Crippen LogP contribution in [0.15, 0.2) is 18.2 Å². The van der Waals surface area contributed by atoms with Crippen molar-refractivity contribution >= 4 is 11.8 Å². The number of nitrogens with one attached hydrogen (secondary N) is 1. The Labute approximate surface area is 137 Å². The second-order valence-corrected chi connectivity index (χ2v) is 7.48. The first-order chi connectivity index (χ1) is 10.8. The van der Waals surface area contributed by atoms with Crippen LogP contribution < -0.4 is 15.0 Å². The van der Waals surface area contributed by atoms with Crippen LogP contribution in [0.4, 0.5) is 10.5 Å². The zero-order chi connectivity index (χ0) is 16.7. The van der Waals surface area contributed by atoms with Crippen LogP contribution in [0.2, 0.25) is 0 Å². The zero-order valence-corrected chi connectivity index (χ0v) is 14.4. The Morgan fingerprint density at radius 3 is 2.57 bits per heavy atom. The van der Waals surface area contributed by atoms with Crippen molar-refractivity contribution in [1.82, 2.24) is 5.32 Å². The van der Waals surface area contributed by atoms with E-state index in [1.807, 2.05) is 32.9 Å². The third kappa shape index (κ3) is 3.02. The SMILES string of the molecule is COc1ccc2c(c1)C1(CCNCC1)CN2C(=O)OC(C)(C)C. The molecule has 3 rings (SSSR count). The summed E-state index contributed by atoms with van der Waals surface area (Å²) < 4.78 is 11.0. The molecule has 126 valence electrons. The average Bonchev–Trinajstić information content (AvgIpc) is 2.80. The smallest absolute Gasteiger partial charge is 0.414 e. The molecule has 1 aromatic carbocycles. The molecule has 0 atom stereocenters. The first kappa shape index (κ1) is 16.1. The Morgan fingerprint density at radius 2 is 1.96 bits per heavy atom. The maximum Gasteiger partial charge on any atom is 0.414 e. The van der Waals surface area contributed by atoms with E-state index in [9.17, 15) is 4.79 Å². The lowest BCUT2D eigenvalue weighted by molar-refractivity contribution is 0.0575. The van der Waals surface area contributed by atoms with Crippen molar-refractivity contribution in [3.8, 4) is 5.75 Å². The number of anilines is 1. The predicted molar refractivity (Wildman–Crippen MR) is 90.4 cm³/mol. The van der Waals surface area contributed by atoms with Gasteiger partial charge in [0.2, 0.25) is 0 Å². The standard InChI is InChI=1S/C18H26N2O3/c1-17(2,3)23-16(21)20-12-18(7-9-19-10-8-18)14-11-13(22-4)5-6-15(14)20/h5-6,11,19H,7-10,12H2,1-4H3. The molecule has 1 saturated heterocycles. The predicted octanol–water partition coefficient (Wildman–Crippen LogP) is 3.07. The summed E-state index contributed by atoms with van der Waals surface area (Å²) in [6, 6.07) is 5.98. The van der Waals surface area contributed by atoms with E-state index >= 15 is 0 Å². The fourth-order valence-electron chi connectivity index (χ4n) is 3.59. The quantitative estimate of drug-likeness (QED) is 0.864. The normalized spacial score (nSPS) is 19.6. The van der Waals surface area contributed by atoms with E-state index in [1.165, 1.54) is 5.56 Å². The Kier molecular flexibility index (Phi) is 4.00. The van der Waals surface area contributed by atoms with Crippen LogP contribution in [0.3, 0.4) is 0 Å². The maximum absolute atomic E-state index is 12.7. The van der Waals surface area contributed by atoms with Gasteiger partial charge in [0.15, 0.2) is 0 Å². The van der Waals surface area contributed by atoms with Crippen LogP contribution >= 0.6 is 0 Å². The third-order valence-corrected chi connectivity index (χ3v) is 4.70. The van der Waals surface area contributed by atoms with Crippen molar-refractivity contribution in [1.29, 1.82) is 0 Å². The molecule has 1 spiro atoms. The second-order valence-electron chi connectivity index (χ2n) is 7.48. The Bertz CT molecular complexity index is 601. The van der Waals surface area contributed by atoms with Gasteiger partial charge in [-0.05, 0) is 70.5 Å². The van der Waals surface area contributed by atoms with Gasteiger partial charge in [0.1, 0.15) is 11.4 Å². The Morgan fingerprint density at radius 1 is 1.26 bits per heavy atom. The summed E-state index contributed by atoms with van der Waals surface area (Å²) in [6.45, 7) is 8.33. The van der Waals surface area contributed by atoms with Crippen LogP contribution in [0, 0.1) is 0 Å². The van der Waals surface area contributed by atoms with Gasteiger partial charge >= 0.3 is 6.09 Å². The summed E-state index contributed by atoms with van der Waals surface area (Å²) in [5.74, 6) is 0.840. The molecular formula is C18H26N2O3. The molecule has 0 saturated carbocycles. The number of carbonyl (C=O) groups is 1. The van der Waals surface area contributed by atoms with Crippen molar-refractivity contribution in [2.24, 2.45) is 0 Å². The number of ether oxygens (including phenoxy) is 2. The second kappa shape index (κ2) is 5.71. The summed E-state index contributed by atoms with van der Waals surface area (Å²) in [7, 11) is 1.68. The lowest BCUT2D eigenvalue weighted by Gasteiger charge is -2.34. The average molecular weight is 318 g/mol. The van der Waals surface area contributed by atoms with E-state index in [0.29, 0.717) is 6.54 Å². The molecule has 0 radical (unpaired) electrons. The minimum absolute atomic E-state index is 0.00598. The minimum atomic E-state index is -0.492. The van der Waals surface area contributed by atoms with E-state index < -0.39 is 5.60 Å². The maximum atomic E-state index is 12.7. The summed E-state index contributed by atoms with van der Waals surface area (Å²) in [5, 5.41) is 3.41. The van der Waals surface area contributed by atoms with Crippen LogP contribution in [0.25, 0.3) is 0 Å². The summed E-state index contributed by atoms with van der Waals surface area (Å²) in [5.41, 5.74) is 1.69. The number of methoxy groups -OCH3 is 1. The van der Waals surface area contributed by atoms with Gasteiger partial charge in [-0.3, -0.25) is 4.90 Å². The topological polar surface area (TPSA) is 50.8 Å². The first-order valence-corrected chi connectivity index (χ1v) is 8.24. The van der Waals surface area contributed by atoms with Crippen molar-refractivity contribution in [3.05, 3.63) is 23.8 Å². The highest BCUT2D eigenvalue weighted by molar-refractivity contribution is 5.92. The molecule has 23 heavy (non-hydrogen) atoms. The van der Waals surface area contributed by atoms with E-state index in [0.717, 1.165) is 37.4 Å².